The van der Waals surface area contributed by atoms with E-state index in [9.17, 15) is 14.7 Å². The molecule has 3 N–H and O–H groups in total. The van der Waals surface area contributed by atoms with E-state index in [0.29, 0.717) is 48.8 Å². The quantitative estimate of drug-likeness (QED) is 0.0728. The molecule has 0 radical (unpaired) electrons. The monoisotopic (exact) mass is 692 g/mol. The summed E-state index contributed by atoms with van der Waals surface area (Å²) in [6, 6.07) is 35.2. The Morgan fingerprint density at radius 3 is 2.12 bits per heavy atom. The number of nitrogens with one attached hydrogen (secondary N) is 1. The van der Waals surface area contributed by atoms with Crippen LogP contribution in [0.3, 0.4) is 0 Å². The standard InChI is InChI=1S/C40H40N2O7S/c43-25-27-16-18-28(19-17-27)34-24-33(26-50-40-42-37(29-10-4-1-5-11-29)38(49-40)30-12-6-2-7-13-30)47-39(48-34)31-20-22-32(23-21-31)41-35(44)14-8-3-9-15-36(45)46/h1-2,4-7,10-13,16-23,33-34,39,43H,3,8-9,14-15,24-26H2,(H,41,44)(H,45,46)/t33-,34+,39+/m0/s1. The zero-order valence-electron chi connectivity index (χ0n) is 27.6. The smallest absolute Gasteiger partial charge is 0.303 e. The van der Waals surface area contributed by atoms with Gasteiger partial charge in [0, 0.05) is 47.4 Å². The van der Waals surface area contributed by atoms with Gasteiger partial charge in [-0.3, -0.25) is 9.59 Å². The number of hydrogen-bond acceptors (Lipinski definition) is 8. The Hall–Kier alpha value is -4.74. The highest BCUT2D eigenvalue weighted by atomic mass is 32.2. The van der Waals surface area contributed by atoms with Gasteiger partial charge in [-0.1, -0.05) is 115 Å². The van der Waals surface area contributed by atoms with Crippen LogP contribution in [0, 0.1) is 0 Å². The first-order valence-electron chi connectivity index (χ1n) is 16.8. The number of carboxylic acids is 1. The number of oxazole rings is 1. The molecule has 5 aromatic rings. The third-order valence-electron chi connectivity index (χ3n) is 8.46. The molecule has 258 valence electrons. The first-order valence-corrected chi connectivity index (χ1v) is 17.8. The molecule has 0 spiro atoms. The number of aliphatic hydroxyl groups is 1. The van der Waals surface area contributed by atoms with Crippen LogP contribution in [-0.4, -0.2) is 38.9 Å². The highest BCUT2D eigenvalue weighted by molar-refractivity contribution is 7.99. The Morgan fingerprint density at radius 1 is 0.780 bits per heavy atom. The summed E-state index contributed by atoms with van der Waals surface area (Å²) in [6.07, 6.45) is 1.84. The van der Waals surface area contributed by atoms with E-state index in [-0.39, 0.29) is 31.1 Å². The second-order valence-corrected chi connectivity index (χ2v) is 13.1. The number of aliphatic hydroxyl groups excluding tert-OH is 1. The zero-order chi connectivity index (χ0) is 34.7. The van der Waals surface area contributed by atoms with Crippen molar-refractivity contribution in [2.45, 2.75) is 68.9 Å². The zero-order valence-corrected chi connectivity index (χ0v) is 28.4. The third kappa shape index (κ3) is 9.48. The lowest BCUT2D eigenvalue weighted by Gasteiger charge is -2.36. The van der Waals surface area contributed by atoms with E-state index in [1.807, 2.05) is 109 Å². The molecule has 1 fully saturated rings. The Morgan fingerprint density at radius 2 is 1.44 bits per heavy atom. The van der Waals surface area contributed by atoms with Crippen LogP contribution < -0.4 is 5.32 Å². The lowest BCUT2D eigenvalue weighted by Crippen LogP contribution is -2.31. The number of anilines is 1. The summed E-state index contributed by atoms with van der Waals surface area (Å²) in [7, 11) is 0. The van der Waals surface area contributed by atoms with Crippen LogP contribution in [0.4, 0.5) is 5.69 Å². The fraction of sp³-hybridized carbons (Fsp3) is 0.275. The van der Waals surface area contributed by atoms with Gasteiger partial charge in [0.05, 0.1) is 18.8 Å². The number of carbonyl (C=O) groups excluding carboxylic acids is 1. The number of rotatable bonds is 15. The summed E-state index contributed by atoms with van der Waals surface area (Å²) in [5.41, 5.74) is 6.02. The van der Waals surface area contributed by atoms with Gasteiger partial charge in [0.15, 0.2) is 12.1 Å². The largest absolute Gasteiger partial charge is 0.481 e. The number of ether oxygens (including phenoxy) is 2. The van der Waals surface area contributed by atoms with Crippen LogP contribution in [0.1, 0.15) is 67.6 Å². The second-order valence-electron chi connectivity index (χ2n) is 12.2. The number of carbonyl (C=O) groups is 2. The number of unbranched alkanes of at least 4 members (excludes halogenated alkanes) is 2. The van der Waals surface area contributed by atoms with E-state index in [2.05, 4.69) is 5.32 Å². The van der Waals surface area contributed by atoms with Crippen molar-refractivity contribution < 1.29 is 33.7 Å². The molecular weight excluding hydrogens is 653 g/mol. The molecule has 0 bridgehead atoms. The number of benzene rings is 4. The first kappa shape index (κ1) is 35.1. The summed E-state index contributed by atoms with van der Waals surface area (Å²) in [6.45, 7) is -0.0312. The van der Waals surface area contributed by atoms with Crippen molar-refractivity contribution in [3.8, 4) is 22.6 Å². The Kier molecular flexibility index (Phi) is 12.1. The highest BCUT2D eigenvalue weighted by Gasteiger charge is 2.33. The summed E-state index contributed by atoms with van der Waals surface area (Å²) in [5, 5.41) is 21.8. The number of amides is 1. The van der Waals surface area contributed by atoms with Crippen molar-refractivity contribution in [1.29, 1.82) is 0 Å². The minimum Gasteiger partial charge on any atom is -0.481 e. The van der Waals surface area contributed by atoms with Crippen molar-refractivity contribution in [3.05, 3.63) is 126 Å². The molecule has 1 aromatic heterocycles. The van der Waals surface area contributed by atoms with Gasteiger partial charge in [0.2, 0.25) is 5.91 Å². The molecule has 1 saturated heterocycles. The number of aliphatic carboxylic acids is 1. The second kappa shape index (κ2) is 17.3. The molecule has 9 nitrogen and oxygen atoms in total. The van der Waals surface area contributed by atoms with Crippen LogP contribution in [0.2, 0.25) is 0 Å². The van der Waals surface area contributed by atoms with Gasteiger partial charge in [0.25, 0.3) is 5.22 Å². The lowest BCUT2D eigenvalue weighted by atomic mass is 10.0. The molecule has 0 saturated carbocycles. The minimum atomic E-state index is -0.819. The Labute approximate surface area is 295 Å². The maximum absolute atomic E-state index is 12.4. The molecule has 4 aromatic carbocycles. The van der Waals surface area contributed by atoms with Crippen molar-refractivity contribution in [2.24, 2.45) is 0 Å². The van der Waals surface area contributed by atoms with Gasteiger partial charge in [-0.15, -0.1) is 0 Å². The molecule has 0 aliphatic carbocycles. The molecule has 2 heterocycles. The predicted octanol–water partition coefficient (Wildman–Crippen LogP) is 8.81. The number of carboxylic acid groups (broad SMARTS) is 1. The fourth-order valence-corrected chi connectivity index (χ4v) is 6.65. The molecule has 50 heavy (non-hydrogen) atoms. The van der Waals surface area contributed by atoms with Crippen LogP contribution in [0.15, 0.2) is 119 Å². The summed E-state index contributed by atoms with van der Waals surface area (Å²) in [4.78, 5) is 28.1. The van der Waals surface area contributed by atoms with Crippen LogP contribution in [0.25, 0.3) is 22.6 Å². The maximum atomic E-state index is 12.4. The summed E-state index contributed by atoms with van der Waals surface area (Å²) < 4.78 is 19.4. The Bertz CT molecular complexity index is 1770. The molecular formula is C40H40N2O7S. The van der Waals surface area contributed by atoms with Crippen molar-refractivity contribution in [2.75, 3.05) is 11.1 Å². The number of nitrogens with zero attached hydrogens (tertiary/aromatic N) is 1. The van der Waals surface area contributed by atoms with Gasteiger partial charge in [-0.25, -0.2) is 4.98 Å². The Balaban J connectivity index is 1.15. The van der Waals surface area contributed by atoms with Crippen molar-refractivity contribution in [1.82, 2.24) is 4.98 Å². The normalized spacial score (nSPS) is 17.3. The van der Waals surface area contributed by atoms with Crippen LogP contribution in [0.5, 0.6) is 0 Å². The number of hydrogen-bond donors (Lipinski definition) is 3. The van der Waals surface area contributed by atoms with Crippen LogP contribution in [-0.2, 0) is 25.7 Å². The molecule has 1 amide bonds. The molecule has 0 unspecified atom stereocenters. The van der Waals surface area contributed by atoms with Gasteiger partial charge in [0.1, 0.15) is 5.69 Å². The predicted molar refractivity (Wildman–Crippen MR) is 192 cm³/mol. The average Bonchev–Trinajstić information content (AvgIpc) is 3.59. The van der Waals surface area contributed by atoms with Gasteiger partial charge >= 0.3 is 5.97 Å². The molecule has 1 aliphatic rings. The molecule has 1 aliphatic heterocycles. The van der Waals surface area contributed by atoms with Gasteiger partial charge in [-0.2, -0.15) is 0 Å². The van der Waals surface area contributed by atoms with Gasteiger partial charge in [-0.05, 0) is 36.1 Å². The molecule has 10 heteroatoms. The first-order chi connectivity index (χ1) is 24.4. The number of thioether (sulfide) groups is 1. The minimum absolute atomic E-state index is 0.0312. The topological polar surface area (TPSA) is 131 Å². The molecule has 3 atom stereocenters. The van der Waals surface area contributed by atoms with E-state index in [0.717, 1.165) is 39.3 Å². The highest BCUT2D eigenvalue weighted by Crippen LogP contribution is 2.41. The van der Waals surface area contributed by atoms with E-state index < -0.39 is 12.3 Å². The summed E-state index contributed by atoms with van der Waals surface area (Å²) >= 11 is 1.50. The van der Waals surface area contributed by atoms with E-state index in [4.69, 9.17) is 24.0 Å². The van der Waals surface area contributed by atoms with Crippen molar-refractivity contribution >= 4 is 29.3 Å². The van der Waals surface area contributed by atoms with Crippen molar-refractivity contribution in [3.63, 3.8) is 0 Å². The lowest BCUT2D eigenvalue weighted by molar-refractivity contribution is -0.245. The number of aromatic nitrogens is 1. The van der Waals surface area contributed by atoms with Gasteiger partial charge < -0.3 is 29.4 Å². The van der Waals surface area contributed by atoms with E-state index in [1.165, 1.54) is 11.8 Å². The van der Waals surface area contributed by atoms with E-state index in [1.54, 1.807) is 0 Å². The fourth-order valence-electron chi connectivity index (χ4n) is 5.81. The maximum Gasteiger partial charge on any atom is 0.303 e. The SMILES string of the molecule is O=C(O)CCCCCC(=O)Nc1ccc([C@@H]2O[C@H](CSc3nc(-c4ccccc4)c(-c4ccccc4)o3)C[C@H](c3ccc(CO)cc3)O2)cc1. The average molecular weight is 693 g/mol. The van der Waals surface area contributed by atoms with E-state index >= 15 is 0 Å². The van der Waals surface area contributed by atoms with Crippen LogP contribution >= 0.6 is 11.8 Å². The summed E-state index contributed by atoms with van der Waals surface area (Å²) in [5.74, 6) is 0.367. The molecule has 6 rings (SSSR count). The third-order valence-corrected chi connectivity index (χ3v) is 9.42.